The Balaban J connectivity index is 1.54. The quantitative estimate of drug-likeness (QED) is 0.567. The monoisotopic (exact) mass is 422 g/mol. The summed E-state index contributed by atoms with van der Waals surface area (Å²) < 4.78 is 10.9. The minimum atomic E-state index is -0.292. The molecule has 2 amide bonds. The zero-order valence-electron chi connectivity index (χ0n) is 17.9. The van der Waals surface area contributed by atoms with E-state index in [-0.39, 0.29) is 24.8 Å². The molecule has 0 saturated heterocycles. The number of nitrogens with one attached hydrogen (secondary N) is 1. The van der Waals surface area contributed by atoms with E-state index in [1.54, 1.807) is 18.2 Å². The smallest absolute Gasteiger partial charge is 0.247 e. The number of rotatable bonds is 9. The van der Waals surface area contributed by atoms with E-state index in [4.69, 9.17) is 9.15 Å². The van der Waals surface area contributed by atoms with Crippen LogP contribution in [-0.4, -0.2) is 47.1 Å². The second-order valence-corrected chi connectivity index (χ2v) is 7.02. The van der Waals surface area contributed by atoms with Crippen LogP contribution in [-0.2, 0) is 16.0 Å². The highest BCUT2D eigenvalue weighted by atomic mass is 16.5. The number of carbonyl (C=O) groups is 2. The number of para-hydroxylation sites is 2. The van der Waals surface area contributed by atoms with Gasteiger partial charge in [0.15, 0.2) is 0 Å². The highest BCUT2D eigenvalue weighted by Crippen LogP contribution is 2.23. The molecule has 0 radical (unpaired) electrons. The maximum absolute atomic E-state index is 12.6. The topological polar surface area (TPSA) is 97.6 Å². The van der Waals surface area contributed by atoms with E-state index in [0.717, 1.165) is 11.1 Å². The summed E-state index contributed by atoms with van der Waals surface area (Å²) in [6, 6.07) is 14.9. The Morgan fingerprint density at radius 3 is 2.55 bits per heavy atom. The van der Waals surface area contributed by atoms with Crippen LogP contribution in [0.4, 0.5) is 5.69 Å². The van der Waals surface area contributed by atoms with Crippen LogP contribution >= 0.6 is 0 Å². The molecule has 0 unspecified atom stereocenters. The number of methoxy groups -OCH3 is 1. The maximum atomic E-state index is 12.6. The molecule has 1 heterocycles. The number of aryl methyl sites for hydroxylation is 2. The number of amides is 2. The molecular formula is C23H26N4O4. The molecule has 0 spiro atoms. The van der Waals surface area contributed by atoms with E-state index in [2.05, 4.69) is 15.5 Å². The lowest BCUT2D eigenvalue weighted by Gasteiger charge is -2.20. The molecule has 3 aromatic rings. The fourth-order valence-electron chi connectivity index (χ4n) is 3.03. The lowest BCUT2D eigenvalue weighted by Crippen LogP contribution is -2.38. The zero-order chi connectivity index (χ0) is 22.2. The van der Waals surface area contributed by atoms with E-state index in [9.17, 15) is 9.59 Å². The summed E-state index contributed by atoms with van der Waals surface area (Å²) in [6.45, 7) is 4.20. The van der Waals surface area contributed by atoms with Crippen LogP contribution in [0.2, 0.25) is 0 Å². The predicted molar refractivity (Wildman–Crippen MR) is 117 cm³/mol. The fourth-order valence-corrected chi connectivity index (χ4v) is 3.03. The van der Waals surface area contributed by atoms with E-state index in [1.807, 2.05) is 44.2 Å². The Bertz CT molecular complexity index is 1030. The summed E-state index contributed by atoms with van der Waals surface area (Å²) in [7, 11) is 1.54. The summed E-state index contributed by atoms with van der Waals surface area (Å²) in [5, 5.41) is 10.9. The highest BCUT2D eigenvalue weighted by Gasteiger charge is 2.18. The first kappa shape index (κ1) is 22.0. The van der Waals surface area contributed by atoms with Crippen LogP contribution in [0.3, 0.4) is 0 Å². The first-order valence-electron chi connectivity index (χ1n) is 10.1. The molecule has 31 heavy (non-hydrogen) atoms. The van der Waals surface area contributed by atoms with Crippen molar-refractivity contribution in [2.45, 2.75) is 26.7 Å². The second kappa shape index (κ2) is 10.4. The Morgan fingerprint density at radius 1 is 1.10 bits per heavy atom. The molecule has 0 bridgehead atoms. The van der Waals surface area contributed by atoms with Gasteiger partial charge in [0.2, 0.25) is 23.6 Å². The number of ether oxygens (including phenoxy) is 1. The number of nitrogens with zero attached hydrogens (tertiary/aromatic N) is 3. The summed E-state index contributed by atoms with van der Waals surface area (Å²) in [5.74, 6) is 0.919. The van der Waals surface area contributed by atoms with Crippen molar-refractivity contribution in [3.05, 3.63) is 60.0 Å². The lowest BCUT2D eigenvalue weighted by atomic mass is 10.1. The van der Waals surface area contributed by atoms with Gasteiger partial charge in [0.25, 0.3) is 0 Å². The van der Waals surface area contributed by atoms with Gasteiger partial charge in [-0.3, -0.25) is 9.59 Å². The maximum Gasteiger partial charge on any atom is 0.247 e. The second-order valence-electron chi connectivity index (χ2n) is 7.02. The van der Waals surface area contributed by atoms with Crippen LogP contribution in [0.25, 0.3) is 11.5 Å². The molecule has 0 aliphatic carbocycles. The van der Waals surface area contributed by atoms with E-state index in [0.29, 0.717) is 36.2 Å². The molecule has 2 aromatic carbocycles. The lowest BCUT2D eigenvalue weighted by molar-refractivity contribution is -0.134. The van der Waals surface area contributed by atoms with Gasteiger partial charge in [0.05, 0.1) is 19.3 Å². The average Bonchev–Trinajstić information content (AvgIpc) is 3.25. The molecule has 0 fully saturated rings. The number of anilines is 1. The average molecular weight is 422 g/mol. The number of aromatic nitrogens is 2. The van der Waals surface area contributed by atoms with Gasteiger partial charge in [-0.05, 0) is 38.1 Å². The number of carbonyl (C=O) groups excluding carboxylic acids is 2. The molecular weight excluding hydrogens is 396 g/mol. The van der Waals surface area contributed by atoms with Gasteiger partial charge in [0.1, 0.15) is 5.75 Å². The molecule has 8 heteroatoms. The molecule has 0 aliphatic rings. The van der Waals surface area contributed by atoms with E-state index < -0.39 is 0 Å². The van der Waals surface area contributed by atoms with Crippen LogP contribution in [0.1, 0.15) is 24.8 Å². The third-order valence-corrected chi connectivity index (χ3v) is 4.77. The molecule has 1 N–H and O–H groups in total. The van der Waals surface area contributed by atoms with Crippen molar-refractivity contribution >= 4 is 17.5 Å². The largest absolute Gasteiger partial charge is 0.495 e. The molecule has 3 rings (SSSR count). The molecule has 8 nitrogen and oxygen atoms in total. The minimum Gasteiger partial charge on any atom is -0.495 e. The van der Waals surface area contributed by atoms with Crippen molar-refractivity contribution in [3.63, 3.8) is 0 Å². The van der Waals surface area contributed by atoms with Gasteiger partial charge in [0, 0.05) is 24.9 Å². The number of likely N-dealkylation sites (N-methyl/N-ethyl adjacent to an activating group) is 1. The van der Waals surface area contributed by atoms with Crippen molar-refractivity contribution in [1.29, 1.82) is 0 Å². The number of hydrogen-bond donors (Lipinski definition) is 1. The summed E-state index contributed by atoms with van der Waals surface area (Å²) in [5.41, 5.74) is 2.54. The molecule has 0 saturated carbocycles. The van der Waals surface area contributed by atoms with Gasteiger partial charge >= 0.3 is 0 Å². The van der Waals surface area contributed by atoms with Gasteiger partial charge in [-0.2, -0.15) is 0 Å². The standard InChI is InChI=1S/C23H26N4O4/c1-4-27(15-20(28)24-18-7-5-6-8-19(18)30-3)22(29)14-13-21-25-26-23(31-21)17-11-9-16(2)10-12-17/h5-12H,4,13-15H2,1-3H3,(H,24,28). The van der Waals surface area contributed by atoms with Crippen LogP contribution in [0, 0.1) is 6.92 Å². The first-order valence-corrected chi connectivity index (χ1v) is 10.1. The first-order chi connectivity index (χ1) is 15.0. The number of hydrogen-bond acceptors (Lipinski definition) is 6. The zero-order valence-corrected chi connectivity index (χ0v) is 17.9. The van der Waals surface area contributed by atoms with Crippen LogP contribution in [0.5, 0.6) is 5.75 Å². The summed E-state index contributed by atoms with van der Waals surface area (Å²) >= 11 is 0. The van der Waals surface area contributed by atoms with E-state index in [1.165, 1.54) is 12.0 Å². The molecule has 1 aromatic heterocycles. The Kier molecular flexibility index (Phi) is 7.37. The van der Waals surface area contributed by atoms with Crippen molar-refractivity contribution in [2.75, 3.05) is 25.5 Å². The van der Waals surface area contributed by atoms with Crippen molar-refractivity contribution in [2.24, 2.45) is 0 Å². The minimum absolute atomic E-state index is 0.0498. The molecule has 0 atom stereocenters. The SMILES string of the molecule is CCN(CC(=O)Nc1ccccc1OC)C(=O)CCc1nnc(-c2ccc(C)cc2)o1. The van der Waals surface area contributed by atoms with Gasteiger partial charge in [-0.25, -0.2) is 0 Å². The van der Waals surface area contributed by atoms with E-state index >= 15 is 0 Å². The summed E-state index contributed by atoms with van der Waals surface area (Å²) in [6.07, 6.45) is 0.480. The third-order valence-electron chi connectivity index (χ3n) is 4.77. The van der Waals surface area contributed by atoms with Crippen LogP contribution < -0.4 is 10.1 Å². The van der Waals surface area contributed by atoms with Gasteiger partial charge in [-0.15, -0.1) is 10.2 Å². The third kappa shape index (κ3) is 5.91. The molecule has 0 aliphatic heterocycles. The van der Waals surface area contributed by atoms with Gasteiger partial charge < -0.3 is 19.4 Å². The van der Waals surface area contributed by atoms with Crippen molar-refractivity contribution in [1.82, 2.24) is 15.1 Å². The number of benzene rings is 2. The Hall–Kier alpha value is -3.68. The molecule has 162 valence electrons. The Labute approximate surface area is 181 Å². The normalized spacial score (nSPS) is 10.5. The van der Waals surface area contributed by atoms with Crippen molar-refractivity contribution < 1.29 is 18.7 Å². The Morgan fingerprint density at radius 2 is 1.84 bits per heavy atom. The van der Waals surface area contributed by atoms with Crippen molar-refractivity contribution in [3.8, 4) is 17.2 Å². The van der Waals surface area contributed by atoms with Crippen LogP contribution in [0.15, 0.2) is 52.9 Å². The highest BCUT2D eigenvalue weighted by molar-refractivity contribution is 5.95. The summed E-state index contributed by atoms with van der Waals surface area (Å²) in [4.78, 5) is 26.5. The van der Waals surface area contributed by atoms with Gasteiger partial charge in [-0.1, -0.05) is 29.8 Å². The predicted octanol–water partition coefficient (Wildman–Crippen LogP) is 3.47. The fraction of sp³-hybridized carbons (Fsp3) is 0.304.